The molecule has 0 bridgehead atoms. The third kappa shape index (κ3) is 4.09. The van der Waals surface area contributed by atoms with Gasteiger partial charge < -0.3 is 0 Å². The van der Waals surface area contributed by atoms with E-state index in [9.17, 15) is 8.42 Å². The number of thiophene rings is 1. The van der Waals surface area contributed by atoms with Crippen molar-refractivity contribution in [3.05, 3.63) is 71.1 Å². The number of nitrogens with one attached hydrogen (secondary N) is 1. The first-order chi connectivity index (χ1) is 11.0. The van der Waals surface area contributed by atoms with Crippen molar-refractivity contribution in [2.45, 2.75) is 14.0 Å². The normalized spacial score (nSPS) is 11.3. The lowest BCUT2D eigenvalue weighted by molar-refractivity contribution is 0.603. The maximum Gasteiger partial charge on any atom is 0.271 e. The van der Waals surface area contributed by atoms with Crippen molar-refractivity contribution in [2.24, 2.45) is 0 Å². The van der Waals surface area contributed by atoms with E-state index in [0.717, 1.165) is 21.1 Å². The highest BCUT2D eigenvalue weighted by Gasteiger charge is 2.18. The molecule has 3 nitrogen and oxygen atoms in total. The van der Waals surface area contributed by atoms with Crippen LogP contribution < -0.4 is 4.72 Å². The van der Waals surface area contributed by atoms with Gasteiger partial charge >= 0.3 is 0 Å². The van der Waals surface area contributed by atoms with Crippen LogP contribution in [0.5, 0.6) is 0 Å². The zero-order valence-corrected chi connectivity index (χ0v) is 15.0. The standard InChI is InChI=1S/C16H12ClNO2S3/c17-15-10-11-16(22-15)23(19,20)18-13-8-4-5-9-14(13)21-12-6-2-1-3-7-12/h1-11,18H. The van der Waals surface area contributed by atoms with Crippen LogP contribution in [0.4, 0.5) is 5.69 Å². The monoisotopic (exact) mass is 381 g/mol. The molecule has 1 aromatic heterocycles. The summed E-state index contributed by atoms with van der Waals surface area (Å²) < 4.78 is 28.2. The average molecular weight is 382 g/mol. The summed E-state index contributed by atoms with van der Waals surface area (Å²) in [4.78, 5) is 1.88. The van der Waals surface area contributed by atoms with Gasteiger partial charge in [-0.15, -0.1) is 11.3 Å². The van der Waals surface area contributed by atoms with E-state index in [4.69, 9.17) is 11.6 Å². The van der Waals surface area contributed by atoms with Gasteiger partial charge in [0.1, 0.15) is 4.21 Å². The van der Waals surface area contributed by atoms with Crippen molar-refractivity contribution in [3.63, 3.8) is 0 Å². The van der Waals surface area contributed by atoms with Crippen LogP contribution in [0.3, 0.4) is 0 Å². The molecule has 0 aliphatic carbocycles. The third-order valence-electron chi connectivity index (χ3n) is 2.92. The van der Waals surface area contributed by atoms with E-state index in [-0.39, 0.29) is 4.21 Å². The highest BCUT2D eigenvalue weighted by molar-refractivity contribution is 7.99. The topological polar surface area (TPSA) is 46.2 Å². The van der Waals surface area contributed by atoms with E-state index in [1.165, 1.54) is 17.8 Å². The Morgan fingerprint density at radius 1 is 0.913 bits per heavy atom. The van der Waals surface area contributed by atoms with Crippen LogP contribution >= 0.6 is 34.7 Å². The van der Waals surface area contributed by atoms with Gasteiger partial charge in [0.25, 0.3) is 10.0 Å². The number of sulfonamides is 1. The molecule has 0 saturated heterocycles. The summed E-state index contributed by atoms with van der Waals surface area (Å²) >= 11 is 8.37. The smallest absolute Gasteiger partial charge is 0.271 e. The lowest BCUT2D eigenvalue weighted by Crippen LogP contribution is -2.12. The predicted molar refractivity (Wildman–Crippen MR) is 97.1 cm³/mol. The molecule has 0 aliphatic heterocycles. The van der Waals surface area contributed by atoms with Crippen LogP contribution in [0, 0.1) is 0 Å². The Balaban J connectivity index is 1.89. The van der Waals surface area contributed by atoms with Crippen LogP contribution in [0.2, 0.25) is 4.34 Å². The van der Waals surface area contributed by atoms with E-state index >= 15 is 0 Å². The van der Waals surface area contributed by atoms with E-state index in [2.05, 4.69) is 4.72 Å². The molecule has 0 atom stereocenters. The molecule has 23 heavy (non-hydrogen) atoms. The van der Waals surface area contributed by atoms with Gasteiger partial charge in [0.15, 0.2) is 0 Å². The van der Waals surface area contributed by atoms with Crippen LogP contribution in [-0.4, -0.2) is 8.42 Å². The maximum absolute atomic E-state index is 12.5. The van der Waals surface area contributed by atoms with Crippen LogP contribution in [0.15, 0.2) is 80.7 Å². The van der Waals surface area contributed by atoms with Gasteiger partial charge in [-0.25, -0.2) is 8.42 Å². The van der Waals surface area contributed by atoms with Gasteiger partial charge in [0, 0.05) is 9.79 Å². The van der Waals surface area contributed by atoms with Crippen molar-refractivity contribution in [1.82, 2.24) is 0 Å². The first-order valence-electron chi connectivity index (χ1n) is 6.65. The largest absolute Gasteiger partial charge is 0.278 e. The Labute approximate surface area is 148 Å². The Hall–Kier alpha value is -1.47. The molecule has 2 aromatic carbocycles. The minimum atomic E-state index is -3.64. The number of benzene rings is 2. The minimum Gasteiger partial charge on any atom is -0.278 e. The molecule has 118 valence electrons. The van der Waals surface area contributed by atoms with E-state index in [0.29, 0.717) is 10.0 Å². The molecule has 0 radical (unpaired) electrons. The van der Waals surface area contributed by atoms with Crippen LogP contribution in [0.1, 0.15) is 0 Å². The lowest BCUT2D eigenvalue weighted by Gasteiger charge is -2.11. The molecule has 0 unspecified atom stereocenters. The molecule has 0 saturated carbocycles. The minimum absolute atomic E-state index is 0.196. The van der Waals surface area contributed by atoms with Crippen molar-refractivity contribution in [3.8, 4) is 0 Å². The van der Waals surface area contributed by atoms with Crippen LogP contribution in [0.25, 0.3) is 0 Å². The summed E-state index contributed by atoms with van der Waals surface area (Å²) in [5.41, 5.74) is 0.547. The molecule has 1 N–H and O–H groups in total. The molecule has 3 aromatic rings. The SMILES string of the molecule is O=S(=O)(Nc1ccccc1Sc1ccccc1)c1ccc(Cl)s1. The summed E-state index contributed by atoms with van der Waals surface area (Å²) in [6, 6.07) is 20.2. The number of halogens is 1. The molecule has 1 heterocycles. The van der Waals surface area contributed by atoms with Gasteiger partial charge in [0.2, 0.25) is 0 Å². The van der Waals surface area contributed by atoms with Gasteiger partial charge in [-0.05, 0) is 36.4 Å². The molecular formula is C16H12ClNO2S3. The highest BCUT2D eigenvalue weighted by atomic mass is 35.5. The summed E-state index contributed by atoms with van der Waals surface area (Å²) in [7, 11) is -3.64. The van der Waals surface area contributed by atoms with Crippen molar-refractivity contribution in [1.29, 1.82) is 0 Å². The van der Waals surface area contributed by atoms with Crippen molar-refractivity contribution >= 4 is 50.4 Å². The zero-order valence-electron chi connectivity index (χ0n) is 11.8. The fourth-order valence-electron chi connectivity index (χ4n) is 1.89. The quantitative estimate of drug-likeness (QED) is 0.647. The molecule has 0 aliphatic rings. The Morgan fingerprint density at radius 2 is 1.61 bits per heavy atom. The van der Waals surface area contributed by atoms with E-state index in [1.807, 2.05) is 42.5 Å². The molecule has 0 amide bonds. The van der Waals surface area contributed by atoms with Gasteiger partial charge in [0.05, 0.1) is 10.0 Å². The lowest BCUT2D eigenvalue weighted by atomic mass is 10.3. The zero-order chi connectivity index (χ0) is 16.3. The Kier molecular flexibility index (Phi) is 4.96. The molecule has 7 heteroatoms. The van der Waals surface area contributed by atoms with E-state index in [1.54, 1.807) is 18.2 Å². The first kappa shape index (κ1) is 16.4. The second kappa shape index (κ2) is 6.97. The maximum atomic E-state index is 12.5. The fourth-order valence-corrected chi connectivity index (χ4v) is 5.44. The van der Waals surface area contributed by atoms with Crippen LogP contribution in [-0.2, 0) is 10.0 Å². The first-order valence-corrected chi connectivity index (χ1v) is 10.1. The number of anilines is 1. The van der Waals surface area contributed by atoms with Gasteiger partial charge in [-0.2, -0.15) is 0 Å². The summed E-state index contributed by atoms with van der Waals surface area (Å²) in [5.74, 6) is 0. The number of para-hydroxylation sites is 1. The molecular weight excluding hydrogens is 370 g/mol. The number of rotatable bonds is 5. The summed E-state index contributed by atoms with van der Waals surface area (Å²) in [5, 5.41) is 0. The second-order valence-electron chi connectivity index (χ2n) is 4.58. The molecule has 0 fully saturated rings. The fraction of sp³-hybridized carbons (Fsp3) is 0. The van der Waals surface area contributed by atoms with E-state index < -0.39 is 10.0 Å². The Bertz CT molecular complexity index is 908. The average Bonchev–Trinajstić information content (AvgIpc) is 2.98. The van der Waals surface area contributed by atoms with Gasteiger partial charge in [-0.3, -0.25) is 4.72 Å². The third-order valence-corrected chi connectivity index (χ3v) is 7.09. The van der Waals surface area contributed by atoms with Crippen molar-refractivity contribution in [2.75, 3.05) is 4.72 Å². The summed E-state index contributed by atoms with van der Waals surface area (Å²) in [6.45, 7) is 0. The molecule has 0 spiro atoms. The predicted octanol–water partition coefficient (Wildman–Crippen LogP) is 5.35. The highest BCUT2D eigenvalue weighted by Crippen LogP contribution is 2.35. The van der Waals surface area contributed by atoms with Crippen molar-refractivity contribution < 1.29 is 8.42 Å². The second-order valence-corrected chi connectivity index (χ2v) is 9.31. The molecule has 3 rings (SSSR count). The van der Waals surface area contributed by atoms with Gasteiger partial charge in [-0.1, -0.05) is 53.7 Å². The number of hydrogen-bond donors (Lipinski definition) is 1. The summed E-state index contributed by atoms with van der Waals surface area (Å²) in [6.07, 6.45) is 0. The Morgan fingerprint density at radius 3 is 2.30 bits per heavy atom. The number of hydrogen-bond acceptors (Lipinski definition) is 4.